The zero-order chi connectivity index (χ0) is 16.3. The number of fused-ring (bicyclic) bond motifs is 1. The van der Waals surface area contributed by atoms with Crippen LogP contribution >= 0.6 is 0 Å². The van der Waals surface area contributed by atoms with E-state index >= 15 is 0 Å². The van der Waals surface area contributed by atoms with E-state index < -0.39 is 5.79 Å². The first-order valence-electron chi connectivity index (χ1n) is 7.79. The zero-order valence-electron chi connectivity index (χ0n) is 13.7. The van der Waals surface area contributed by atoms with Crippen molar-refractivity contribution < 1.29 is 18.9 Å². The van der Waals surface area contributed by atoms with Gasteiger partial charge in [0, 0.05) is 0 Å². The van der Waals surface area contributed by atoms with Gasteiger partial charge in [-0.05, 0) is 0 Å². The molecule has 0 amide bonds. The molecule has 0 spiro atoms. The van der Waals surface area contributed by atoms with E-state index in [4.69, 9.17) is 18.9 Å². The molecule has 23 heavy (non-hydrogen) atoms. The average Bonchev–Trinajstić information content (AvgIpc) is 3.00. The van der Waals surface area contributed by atoms with Gasteiger partial charge in [-0.15, -0.1) is 0 Å². The molecule has 4 atom stereocenters. The van der Waals surface area contributed by atoms with Crippen LogP contribution in [0.25, 0.3) is 0 Å². The fourth-order valence-corrected chi connectivity index (χ4v) is 5.16. The summed E-state index contributed by atoms with van der Waals surface area (Å²) in [6, 6.07) is 10.4. The number of rotatable bonds is 5. The molecule has 1 aromatic rings. The Morgan fingerprint density at radius 3 is 2.65 bits per heavy atom. The maximum atomic E-state index is 6.21. The fraction of sp³-hybridized carbons (Fsp3) is 0.556. The maximum absolute atomic E-state index is 6.21. The topological polar surface area (TPSA) is 36.9 Å². The molecule has 1 aromatic carbocycles. The van der Waals surface area contributed by atoms with Crippen LogP contribution in [0.4, 0.5) is 0 Å². The monoisotopic (exact) mass is 382 g/mol. The second kappa shape index (κ2) is 7.36. The van der Waals surface area contributed by atoms with E-state index in [1.807, 2.05) is 19.9 Å². The van der Waals surface area contributed by atoms with Crippen LogP contribution in [-0.2, 0) is 18.9 Å². The molecule has 4 nitrogen and oxygen atoms in total. The number of hydrogen-bond donors (Lipinski definition) is 0. The predicted octanol–water partition coefficient (Wildman–Crippen LogP) is 1.30. The Kier molecular flexibility index (Phi) is 5.43. The Labute approximate surface area is 144 Å². The third kappa shape index (κ3) is 4.16. The van der Waals surface area contributed by atoms with E-state index in [2.05, 4.69) is 36.1 Å². The van der Waals surface area contributed by atoms with Crippen LogP contribution in [0.15, 0.2) is 30.3 Å². The molecule has 0 aromatic heterocycles. The van der Waals surface area contributed by atoms with Crippen molar-refractivity contribution in [3.05, 3.63) is 30.3 Å². The summed E-state index contributed by atoms with van der Waals surface area (Å²) in [5.41, 5.74) is 0. The van der Waals surface area contributed by atoms with Gasteiger partial charge in [0.05, 0.1) is 0 Å². The summed E-state index contributed by atoms with van der Waals surface area (Å²) in [5, 5.41) is 0.0440. The molecule has 2 heterocycles. The number of hydrogen-bond acceptors (Lipinski definition) is 4. The van der Waals surface area contributed by atoms with Crippen LogP contribution in [0.2, 0.25) is 0 Å². The molecule has 0 saturated carbocycles. The molecule has 2 aliphatic rings. The standard InChI is InChI=1S/C18H22O4Se/c1-4-5-11-19-12-14-15-16(22-18(2,3)21-15)17(20-14)23-13-9-7-6-8-10-13/h6-10,14-17H,11-12H2,1-3H3/t14-,15-,16-,17+/m1/s1. The molecule has 3 rings (SSSR count). The van der Waals surface area contributed by atoms with Crippen LogP contribution in [0.1, 0.15) is 20.8 Å². The van der Waals surface area contributed by atoms with Gasteiger partial charge in [-0.1, -0.05) is 0 Å². The van der Waals surface area contributed by atoms with E-state index in [1.54, 1.807) is 6.92 Å². The van der Waals surface area contributed by atoms with Gasteiger partial charge >= 0.3 is 144 Å². The van der Waals surface area contributed by atoms with Crippen LogP contribution in [-0.4, -0.2) is 57.3 Å². The van der Waals surface area contributed by atoms with Crippen molar-refractivity contribution in [2.75, 3.05) is 13.2 Å². The number of benzene rings is 1. The van der Waals surface area contributed by atoms with E-state index in [0.29, 0.717) is 13.2 Å². The Morgan fingerprint density at radius 1 is 1.17 bits per heavy atom. The summed E-state index contributed by atoms with van der Waals surface area (Å²) in [7, 11) is 0. The van der Waals surface area contributed by atoms with E-state index in [9.17, 15) is 0 Å². The van der Waals surface area contributed by atoms with Crippen LogP contribution in [0.3, 0.4) is 0 Å². The summed E-state index contributed by atoms with van der Waals surface area (Å²) >= 11 is 0.173. The van der Waals surface area contributed by atoms with Crippen LogP contribution in [0.5, 0.6) is 0 Å². The molecule has 0 N–H and O–H groups in total. The van der Waals surface area contributed by atoms with E-state index in [0.717, 1.165) is 0 Å². The van der Waals surface area contributed by atoms with Crippen LogP contribution < -0.4 is 4.46 Å². The number of ether oxygens (including phenoxy) is 4. The molecule has 0 bridgehead atoms. The third-order valence-corrected chi connectivity index (χ3v) is 6.16. The van der Waals surface area contributed by atoms with Crippen molar-refractivity contribution in [2.24, 2.45) is 0 Å². The summed E-state index contributed by atoms with van der Waals surface area (Å²) in [6.07, 6.45) is -0.206. The molecule has 124 valence electrons. The van der Waals surface area contributed by atoms with Crippen molar-refractivity contribution >= 4 is 19.4 Å². The quantitative estimate of drug-likeness (QED) is 0.438. The molecule has 5 heteroatoms. The summed E-state index contributed by atoms with van der Waals surface area (Å²) < 4.78 is 25.3. The van der Waals surface area contributed by atoms with Crippen molar-refractivity contribution in [1.82, 2.24) is 0 Å². The summed E-state index contributed by atoms with van der Waals surface area (Å²) in [5.74, 6) is 5.16. The van der Waals surface area contributed by atoms with Crippen molar-refractivity contribution in [3.8, 4) is 11.8 Å². The second-order valence-corrected chi connectivity index (χ2v) is 8.44. The van der Waals surface area contributed by atoms with Gasteiger partial charge in [0.1, 0.15) is 0 Å². The Balaban J connectivity index is 1.67. The van der Waals surface area contributed by atoms with E-state index in [-0.39, 0.29) is 38.3 Å². The molecular weight excluding hydrogens is 359 g/mol. The molecule has 0 radical (unpaired) electrons. The molecular formula is C18H22O4Se. The summed E-state index contributed by atoms with van der Waals surface area (Å²) in [4.78, 5) is 0. The zero-order valence-corrected chi connectivity index (χ0v) is 15.4. The Bertz CT molecular complexity index is 578. The molecule has 2 fully saturated rings. The molecule has 2 saturated heterocycles. The Hall–Kier alpha value is -0.861. The first-order chi connectivity index (χ1) is 11.1. The fourth-order valence-electron chi connectivity index (χ4n) is 2.80. The van der Waals surface area contributed by atoms with Crippen molar-refractivity contribution in [1.29, 1.82) is 0 Å². The first-order valence-corrected chi connectivity index (χ1v) is 9.64. The van der Waals surface area contributed by atoms with Gasteiger partial charge in [0.2, 0.25) is 0 Å². The van der Waals surface area contributed by atoms with Gasteiger partial charge in [0.25, 0.3) is 0 Å². The molecule has 2 aliphatic heterocycles. The van der Waals surface area contributed by atoms with Gasteiger partial charge in [-0.2, -0.15) is 0 Å². The van der Waals surface area contributed by atoms with Gasteiger partial charge in [-0.3, -0.25) is 0 Å². The van der Waals surface area contributed by atoms with E-state index in [1.165, 1.54) is 4.46 Å². The van der Waals surface area contributed by atoms with Crippen molar-refractivity contribution in [2.45, 2.75) is 49.9 Å². The predicted molar refractivity (Wildman–Crippen MR) is 88.6 cm³/mol. The van der Waals surface area contributed by atoms with Gasteiger partial charge in [0.15, 0.2) is 0 Å². The third-order valence-electron chi connectivity index (χ3n) is 3.74. The van der Waals surface area contributed by atoms with Gasteiger partial charge < -0.3 is 0 Å². The minimum absolute atomic E-state index is 0.0314. The summed E-state index contributed by atoms with van der Waals surface area (Å²) in [6.45, 7) is 6.63. The van der Waals surface area contributed by atoms with Crippen molar-refractivity contribution in [3.63, 3.8) is 0 Å². The first kappa shape index (κ1) is 17.0. The molecule has 0 unspecified atom stereocenters. The van der Waals surface area contributed by atoms with Gasteiger partial charge in [-0.25, -0.2) is 0 Å². The molecule has 0 aliphatic carbocycles. The Morgan fingerprint density at radius 2 is 1.91 bits per heavy atom. The van der Waals surface area contributed by atoms with Crippen LogP contribution in [0, 0.1) is 11.8 Å². The minimum atomic E-state index is -0.564. The average molecular weight is 381 g/mol. The SMILES string of the molecule is CC#CCOC[C@H]1O[C@@H]([Se]c2ccccc2)[C@@H]2OC(C)(C)O[C@@H]21. The normalized spacial score (nSPS) is 31.4. The second-order valence-electron chi connectivity index (χ2n) is 5.98.